The van der Waals surface area contributed by atoms with E-state index in [2.05, 4.69) is 0 Å². The molecule has 0 fully saturated rings. The van der Waals surface area contributed by atoms with Gasteiger partial charge in [-0.15, -0.1) is 0 Å². The summed E-state index contributed by atoms with van der Waals surface area (Å²) in [5.74, 6) is -2.23. The summed E-state index contributed by atoms with van der Waals surface area (Å²) in [7, 11) is 0. The van der Waals surface area contributed by atoms with Gasteiger partial charge in [0.25, 0.3) is 0 Å². The lowest BCUT2D eigenvalue weighted by molar-refractivity contribution is -0.146. The molecule has 2 unspecified atom stereocenters. The zero-order chi connectivity index (χ0) is 25.5. The van der Waals surface area contributed by atoms with Gasteiger partial charge in [-0.25, -0.2) is 0 Å². The molecule has 6 heteroatoms. The van der Waals surface area contributed by atoms with Crippen molar-refractivity contribution in [3.63, 3.8) is 0 Å². The van der Waals surface area contributed by atoms with E-state index in [0.29, 0.717) is 12.8 Å². The van der Waals surface area contributed by atoms with Crippen LogP contribution in [0.1, 0.15) is 61.8 Å². The number of rotatable bonds is 8. The van der Waals surface area contributed by atoms with E-state index in [1.54, 1.807) is 13.8 Å². The van der Waals surface area contributed by atoms with Crippen LogP contribution >= 0.6 is 0 Å². The van der Waals surface area contributed by atoms with Gasteiger partial charge in [0.2, 0.25) is 0 Å². The van der Waals surface area contributed by atoms with Gasteiger partial charge in [0, 0.05) is 35.5 Å². The lowest BCUT2D eigenvalue weighted by atomic mass is 9.38. The second kappa shape index (κ2) is 9.16. The van der Waals surface area contributed by atoms with Crippen molar-refractivity contribution in [2.75, 3.05) is 13.2 Å². The molecule has 0 amide bonds. The fourth-order valence-corrected chi connectivity index (χ4v) is 7.15. The number of ketones is 2. The van der Waals surface area contributed by atoms with Crippen LogP contribution in [-0.2, 0) is 39.5 Å². The molecule has 6 rings (SSSR count). The minimum atomic E-state index is -0.853. The molecule has 2 aromatic rings. The van der Waals surface area contributed by atoms with Crippen LogP contribution in [0.3, 0.4) is 0 Å². The van der Waals surface area contributed by atoms with Gasteiger partial charge in [0.1, 0.15) is 0 Å². The summed E-state index contributed by atoms with van der Waals surface area (Å²) < 4.78 is 10.5. The van der Waals surface area contributed by atoms with E-state index < -0.39 is 22.7 Å². The van der Waals surface area contributed by atoms with Crippen LogP contribution in [0.25, 0.3) is 0 Å². The minimum Gasteiger partial charge on any atom is -0.466 e. The van der Waals surface area contributed by atoms with Gasteiger partial charge in [-0.05, 0) is 61.1 Å². The number of carbonyl (C=O) groups is 4. The van der Waals surface area contributed by atoms with Gasteiger partial charge in [0.05, 0.1) is 13.2 Å². The smallest absolute Gasteiger partial charge is 0.305 e. The molecule has 0 aromatic heterocycles. The Morgan fingerprint density at radius 3 is 1.31 bits per heavy atom. The Morgan fingerprint density at radius 1 is 0.667 bits per heavy atom. The molecule has 2 bridgehead atoms. The van der Waals surface area contributed by atoms with Crippen molar-refractivity contribution in [2.45, 2.75) is 50.4 Å². The molecule has 2 aromatic carbocycles. The Labute approximate surface area is 210 Å². The molecule has 0 radical (unpaired) electrons. The third-order valence-corrected chi connectivity index (χ3v) is 8.25. The molecule has 6 nitrogen and oxygen atoms in total. The van der Waals surface area contributed by atoms with E-state index in [4.69, 9.17) is 9.47 Å². The Hall–Kier alpha value is -3.54. The summed E-state index contributed by atoms with van der Waals surface area (Å²) in [5, 5.41) is 0. The van der Waals surface area contributed by atoms with Crippen molar-refractivity contribution in [3.8, 4) is 0 Å². The van der Waals surface area contributed by atoms with Crippen LogP contribution in [0.5, 0.6) is 0 Å². The Bertz CT molecular complexity index is 1130. The van der Waals surface area contributed by atoms with Crippen molar-refractivity contribution in [1.29, 1.82) is 0 Å². The van der Waals surface area contributed by atoms with Gasteiger partial charge in [-0.1, -0.05) is 48.5 Å². The molecule has 2 atom stereocenters. The van der Waals surface area contributed by atoms with E-state index in [0.717, 1.165) is 22.3 Å². The summed E-state index contributed by atoms with van der Waals surface area (Å²) in [4.78, 5) is 52.5. The topological polar surface area (TPSA) is 86.7 Å². The molecule has 0 spiro atoms. The number of benzene rings is 2. The van der Waals surface area contributed by atoms with E-state index >= 15 is 0 Å². The molecule has 0 N–H and O–H groups in total. The van der Waals surface area contributed by atoms with Gasteiger partial charge >= 0.3 is 11.9 Å². The van der Waals surface area contributed by atoms with E-state index in [9.17, 15) is 19.2 Å². The number of hydrogen-bond acceptors (Lipinski definition) is 6. The number of hydrogen-bond donors (Lipinski definition) is 0. The number of carbonyl (C=O) groups excluding carboxylic acids is 4. The molecule has 0 saturated heterocycles. The quantitative estimate of drug-likeness (QED) is 0.520. The molecule has 4 aliphatic rings. The first-order valence-electron chi connectivity index (χ1n) is 12.7. The average molecular weight is 487 g/mol. The molecule has 36 heavy (non-hydrogen) atoms. The maximum absolute atomic E-state index is 13.7. The number of allylic oxidation sites excluding steroid dienone is 2. The molecule has 0 heterocycles. The lowest BCUT2D eigenvalue weighted by Crippen LogP contribution is -2.65. The molecule has 186 valence electrons. The maximum atomic E-state index is 13.7. The highest BCUT2D eigenvalue weighted by molar-refractivity contribution is 6.10. The lowest BCUT2D eigenvalue weighted by Gasteiger charge is -2.63. The first kappa shape index (κ1) is 24.2. The highest BCUT2D eigenvalue weighted by Gasteiger charge is 2.68. The van der Waals surface area contributed by atoms with Gasteiger partial charge in [-0.3, -0.25) is 19.2 Å². The van der Waals surface area contributed by atoms with Crippen molar-refractivity contribution < 1.29 is 28.7 Å². The Balaban J connectivity index is 1.79. The Kier molecular flexibility index (Phi) is 6.15. The van der Waals surface area contributed by atoms with E-state index in [1.807, 2.05) is 48.5 Å². The second-order valence-corrected chi connectivity index (χ2v) is 9.74. The van der Waals surface area contributed by atoms with Crippen LogP contribution in [0, 0.1) is 11.8 Å². The zero-order valence-electron chi connectivity index (χ0n) is 20.6. The van der Waals surface area contributed by atoms with E-state index in [-0.39, 0.29) is 49.6 Å². The molecule has 0 aliphatic heterocycles. The van der Waals surface area contributed by atoms with Crippen molar-refractivity contribution >= 4 is 23.5 Å². The van der Waals surface area contributed by atoms with Crippen LogP contribution < -0.4 is 0 Å². The standard InChI is InChI=1S/C30H30O6/c1-3-35-25(33)15-17-29-19-9-5-7-11-21(19)30(18-16-26(34)36-4-2,22-12-8-6-10-20(22)29)28-24(32)14-13-23(31)27(28)29/h5-14,27-28H,3-4,15-18H2,1-2H3. The molecular formula is C30H30O6. The summed E-state index contributed by atoms with van der Waals surface area (Å²) in [6.45, 7) is 4.10. The second-order valence-electron chi connectivity index (χ2n) is 9.74. The third-order valence-electron chi connectivity index (χ3n) is 8.25. The van der Waals surface area contributed by atoms with Crippen LogP contribution in [-0.4, -0.2) is 36.7 Å². The highest BCUT2D eigenvalue weighted by atomic mass is 16.5. The van der Waals surface area contributed by atoms with Crippen molar-refractivity contribution in [2.24, 2.45) is 11.8 Å². The molecule has 0 saturated carbocycles. The van der Waals surface area contributed by atoms with Crippen LogP contribution in [0.15, 0.2) is 60.7 Å². The SMILES string of the molecule is CCOC(=O)CCC12c3ccccc3C(CCC(=O)OCC)(c3ccccc31)C1C(=O)C=CC(=O)C12. The third kappa shape index (κ3) is 3.30. The number of esters is 2. The van der Waals surface area contributed by atoms with Gasteiger partial charge in [0.15, 0.2) is 11.6 Å². The average Bonchev–Trinajstić information content (AvgIpc) is 2.89. The predicted molar refractivity (Wildman–Crippen MR) is 132 cm³/mol. The van der Waals surface area contributed by atoms with Crippen LogP contribution in [0.4, 0.5) is 0 Å². The maximum Gasteiger partial charge on any atom is 0.305 e. The summed E-state index contributed by atoms with van der Waals surface area (Å²) in [6, 6.07) is 15.8. The van der Waals surface area contributed by atoms with Crippen LogP contribution in [0.2, 0.25) is 0 Å². The molecular weight excluding hydrogens is 456 g/mol. The summed E-state index contributed by atoms with van der Waals surface area (Å²) >= 11 is 0. The zero-order valence-corrected chi connectivity index (χ0v) is 20.6. The van der Waals surface area contributed by atoms with Crippen molar-refractivity contribution in [3.05, 3.63) is 82.9 Å². The fourth-order valence-electron chi connectivity index (χ4n) is 7.15. The highest BCUT2D eigenvalue weighted by Crippen LogP contribution is 2.68. The predicted octanol–water partition coefficient (Wildman–Crippen LogP) is 4.21. The first-order valence-corrected chi connectivity index (χ1v) is 12.7. The van der Waals surface area contributed by atoms with Gasteiger partial charge < -0.3 is 9.47 Å². The largest absolute Gasteiger partial charge is 0.466 e. The van der Waals surface area contributed by atoms with Crippen molar-refractivity contribution in [1.82, 2.24) is 0 Å². The number of ether oxygens (including phenoxy) is 2. The van der Waals surface area contributed by atoms with Gasteiger partial charge in [-0.2, -0.15) is 0 Å². The summed E-state index contributed by atoms with van der Waals surface area (Å²) in [6.07, 6.45) is 3.73. The Morgan fingerprint density at radius 2 is 1.00 bits per heavy atom. The monoisotopic (exact) mass is 486 g/mol. The minimum absolute atomic E-state index is 0.118. The van der Waals surface area contributed by atoms with E-state index in [1.165, 1.54) is 12.2 Å². The first-order chi connectivity index (χ1) is 17.4. The summed E-state index contributed by atoms with van der Waals surface area (Å²) in [5.41, 5.74) is 2.11. The normalized spacial score (nSPS) is 27.2. The fraction of sp³-hybridized carbons (Fsp3) is 0.400. The molecule has 4 aliphatic carbocycles.